The van der Waals surface area contributed by atoms with Crippen LogP contribution in [0.2, 0.25) is 0 Å². The Labute approximate surface area is 113 Å². The van der Waals surface area contributed by atoms with Crippen molar-refractivity contribution < 1.29 is 19.1 Å². The second kappa shape index (κ2) is 8.54. The fraction of sp³-hybridized carbons (Fsp3) is 0.200. The highest BCUT2D eigenvalue weighted by molar-refractivity contribution is 5.89. The number of hydrogen-bond acceptors (Lipinski definition) is 4. The SMILES string of the molecule is C#CC(=O)Oc1ccc(CC)c(OC(C)=O)c1.C=C. The van der Waals surface area contributed by atoms with Crippen molar-refractivity contribution in [3.05, 3.63) is 36.9 Å². The molecule has 1 aromatic carbocycles. The van der Waals surface area contributed by atoms with Gasteiger partial charge in [0.1, 0.15) is 11.5 Å². The number of esters is 2. The normalized spacial score (nSPS) is 8.47. The van der Waals surface area contributed by atoms with Crippen molar-refractivity contribution in [1.82, 2.24) is 0 Å². The Balaban J connectivity index is 0.00000154. The van der Waals surface area contributed by atoms with Crippen molar-refractivity contribution in [1.29, 1.82) is 0 Å². The van der Waals surface area contributed by atoms with E-state index in [0.29, 0.717) is 12.2 Å². The predicted octanol–water partition coefficient (Wildman–Crippen LogP) is 2.52. The Morgan fingerprint density at radius 1 is 1.32 bits per heavy atom. The molecule has 19 heavy (non-hydrogen) atoms. The van der Waals surface area contributed by atoms with Crippen molar-refractivity contribution >= 4 is 11.9 Å². The van der Waals surface area contributed by atoms with E-state index >= 15 is 0 Å². The molecule has 0 saturated carbocycles. The molecule has 4 nitrogen and oxygen atoms in total. The summed E-state index contributed by atoms with van der Waals surface area (Å²) in [6, 6.07) is 4.79. The highest BCUT2D eigenvalue weighted by atomic mass is 16.5. The van der Waals surface area contributed by atoms with Crippen LogP contribution < -0.4 is 9.47 Å². The molecule has 0 unspecified atom stereocenters. The van der Waals surface area contributed by atoms with Gasteiger partial charge in [0.05, 0.1) is 0 Å². The molecule has 0 fully saturated rings. The zero-order valence-electron chi connectivity index (χ0n) is 11.1. The van der Waals surface area contributed by atoms with Crippen LogP contribution in [0, 0.1) is 12.3 Å². The van der Waals surface area contributed by atoms with E-state index in [-0.39, 0.29) is 5.75 Å². The predicted molar refractivity (Wildman–Crippen MR) is 72.9 cm³/mol. The minimum atomic E-state index is -0.789. The second-order valence-corrected chi connectivity index (χ2v) is 3.25. The van der Waals surface area contributed by atoms with Crippen LogP contribution in [0.25, 0.3) is 0 Å². The maximum Gasteiger partial charge on any atom is 0.389 e. The van der Waals surface area contributed by atoms with E-state index in [4.69, 9.17) is 15.9 Å². The lowest BCUT2D eigenvalue weighted by atomic mass is 10.1. The van der Waals surface area contributed by atoms with E-state index in [1.807, 2.05) is 12.8 Å². The van der Waals surface area contributed by atoms with Gasteiger partial charge in [-0.25, -0.2) is 4.79 Å². The molecule has 0 aliphatic heterocycles. The van der Waals surface area contributed by atoms with Crippen molar-refractivity contribution in [2.45, 2.75) is 20.3 Å². The molecule has 0 atom stereocenters. The fourth-order valence-corrected chi connectivity index (χ4v) is 1.28. The maximum absolute atomic E-state index is 10.9. The first-order valence-corrected chi connectivity index (χ1v) is 5.56. The van der Waals surface area contributed by atoms with Crippen LogP contribution in [0.15, 0.2) is 31.4 Å². The first-order valence-electron chi connectivity index (χ1n) is 5.56. The van der Waals surface area contributed by atoms with E-state index in [1.54, 1.807) is 12.1 Å². The van der Waals surface area contributed by atoms with Crippen LogP contribution in [0.3, 0.4) is 0 Å². The summed E-state index contributed by atoms with van der Waals surface area (Å²) in [5, 5.41) is 0. The summed E-state index contributed by atoms with van der Waals surface area (Å²) < 4.78 is 9.83. The Kier molecular flexibility index (Phi) is 7.39. The van der Waals surface area contributed by atoms with Crippen molar-refractivity contribution in [2.75, 3.05) is 0 Å². The van der Waals surface area contributed by atoms with Gasteiger partial charge in [0.15, 0.2) is 0 Å². The molecule has 0 radical (unpaired) electrons. The zero-order chi connectivity index (χ0) is 14.8. The largest absolute Gasteiger partial charge is 0.426 e. The third kappa shape index (κ3) is 5.55. The van der Waals surface area contributed by atoms with E-state index in [9.17, 15) is 9.59 Å². The quantitative estimate of drug-likeness (QED) is 0.275. The molecule has 0 spiro atoms. The molecule has 0 aliphatic rings. The van der Waals surface area contributed by atoms with Gasteiger partial charge in [-0.3, -0.25) is 4.79 Å². The molecule has 0 aliphatic carbocycles. The van der Waals surface area contributed by atoms with Crippen LogP contribution in [0.1, 0.15) is 19.4 Å². The van der Waals surface area contributed by atoms with Crippen molar-refractivity contribution in [2.24, 2.45) is 0 Å². The Morgan fingerprint density at radius 2 is 1.95 bits per heavy atom. The topological polar surface area (TPSA) is 52.6 Å². The number of ether oxygens (including phenoxy) is 2. The number of carbonyl (C=O) groups excluding carboxylic acids is 2. The lowest BCUT2D eigenvalue weighted by Gasteiger charge is -2.09. The fourth-order valence-electron chi connectivity index (χ4n) is 1.28. The highest BCUT2D eigenvalue weighted by Crippen LogP contribution is 2.25. The maximum atomic E-state index is 10.9. The Bertz CT molecular complexity index is 497. The molecule has 0 bridgehead atoms. The average Bonchev–Trinajstić information content (AvgIpc) is 2.40. The third-order valence-electron chi connectivity index (χ3n) is 2.00. The number of aryl methyl sites for hydroxylation is 1. The summed E-state index contributed by atoms with van der Waals surface area (Å²) in [7, 11) is 0. The van der Waals surface area contributed by atoms with Crippen LogP contribution in [-0.2, 0) is 16.0 Å². The average molecular weight is 260 g/mol. The smallest absolute Gasteiger partial charge is 0.389 e. The molecule has 0 aromatic heterocycles. The van der Waals surface area contributed by atoms with Gasteiger partial charge in [0, 0.05) is 18.9 Å². The summed E-state index contributed by atoms with van der Waals surface area (Å²) in [5.74, 6) is 1.24. The third-order valence-corrected chi connectivity index (χ3v) is 2.00. The minimum Gasteiger partial charge on any atom is -0.426 e. The van der Waals surface area contributed by atoms with Gasteiger partial charge in [-0.05, 0) is 18.1 Å². The molecular weight excluding hydrogens is 244 g/mol. The van der Waals surface area contributed by atoms with Gasteiger partial charge in [-0.15, -0.1) is 19.6 Å². The standard InChI is InChI=1S/C13H12O4.C2H4/c1-4-10-6-7-11(17-13(15)5-2)8-12(10)16-9(3)14;1-2/h2,6-8H,4H2,1,3H3;1-2H2. The van der Waals surface area contributed by atoms with Crippen molar-refractivity contribution in [3.8, 4) is 23.8 Å². The first kappa shape index (κ1) is 16.5. The van der Waals surface area contributed by atoms with Gasteiger partial charge in [0.25, 0.3) is 0 Å². The second-order valence-electron chi connectivity index (χ2n) is 3.25. The molecular formula is C15H16O4. The van der Waals surface area contributed by atoms with E-state index < -0.39 is 11.9 Å². The van der Waals surface area contributed by atoms with Gasteiger partial charge in [-0.1, -0.05) is 13.0 Å². The zero-order valence-corrected chi connectivity index (χ0v) is 11.1. The summed E-state index contributed by atoms with van der Waals surface area (Å²) in [6.07, 6.45) is 5.59. The number of carbonyl (C=O) groups is 2. The van der Waals surface area contributed by atoms with Gasteiger partial charge in [0.2, 0.25) is 0 Å². The van der Waals surface area contributed by atoms with Gasteiger partial charge in [-0.2, -0.15) is 0 Å². The molecule has 0 amide bonds. The van der Waals surface area contributed by atoms with Crippen LogP contribution in [0.5, 0.6) is 11.5 Å². The minimum absolute atomic E-state index is 0.251. The molecule has 0 heterocycles. The van der Waals surface area contributed by atoms with Crippen LogP contribution >= 0.6 is 0 Å². The lowest BCUT2D eigenvalue weighted by Crippen LogP contribution is -2.06. The number of benzene rings is 1. The van der Waals surface area contributed by atoms with Gasteiger partial charge >= 0.3 is 11.9 Å². The summed E-state index contributed by atoms with van der Waals surface area (Å²) in [5.41, 5.74) is 0.848. The molecule has 1 rings (SSSR count). The first-order chi connectivity index (χ1) is 9.06. The molecule has 0 saturated heterocycles. The van der Waals surface area contributed by atoms with Crippen LogP contribution in [0.4, 0.5) is 0 Å². The number of terminal acetylenes is 1. The van der Waals surface area contributed by atoms with E-state index in [1.165, 1.54) is 13.0 Å². The Morgan fingerprint density at radius 3 is 2.42 bits per heavy atom. The number of hydrogen-bond donors (Lipinski definition) is 0. The highest BCUT2D eigenvalue weighted by Gasteiger charge is 2.08. The lowest BCUT2D eigenvalue weighted by molar-refractivity contribution is -0.132. The molecule has 4 heteroatoms. The summed E-state index contributed by atoms with van der Waals surface area (Å²) >= 11 is 0. The number of rotatable bonds is 3. The van der Waals surface area contributed by atoms with Gasteiger partial charge < -0.3 is 9.47 Å². The van der Waals surface area contributed by atoms with E-state index in [2.05, 4.69) is 13.2 Å². The molecule has 0 N–H and O–H groups in total. The monoisotopic (exact) mass is 260 g/mol. The molecule has 1 aromatic rings. The van der Waals surface area contributed by atoms with Crippen molar-refractivity contribution in [3.63, 3.8) is 0 Å². The summed E-state index contributed by atoms with van der Waals surface area (Å²) in [4.78, 5) is 21.8. The Hall–Kier alpha value is -2.54. The summed E-state index contributed by atoms with van der Waals surface area (Å²) in [6.45, 7) is 9.23. The van der Waals surface area contributed by atoms with E-state index in [0.717, 1.165) is 5.56 Å². The molecule has 100 valence electrons. The van der Waals surface area contributed by atoms with Crippen LogP contribution in [-0.4, -0.2) is 11.9 Å².